The molecule has 2 aliphatic rings. The van der Waals surface area contributed by atoms with Crippen LogP contribution in [0.3, 0.4) is 0 Å². The lowest BCUT2D eigenvalue weighted by Gasteiger charge is -2.46. The molecular weight excluding hydrogens is 402 g/mol. The molecule has 32 heavy (non-hydrogen) atoms. The van der Waals surface area contributed by atoms with Gasteiger partial charge in [-0.3, -0.25) is 4.79 Å². The van der Waals surface area contributed by atoms with E-state index in [2.05, 4.69) is 40.6 Å². The van der Waals surface area contributed by atoms with E-state index in [0.717, 1.165) is 41.2 Å². The molecule has 2 aliphatic heterocycles. The lowest BCUT2D eigenvalue weighted by Crippen LogP contribution is -2.53. The van der Waals surface area contributed by atoms with Crippen LogP contribution in [0.5, 0.6) is 0 Å². The van der Waals surface area contributed by atoms with Gasteiger partial charge in [0.05, 0.1) is 11.2 Å². The predicted molar refractivity (Wildman–Crippen MR) is 123 cm³/mol. The van der Waals surface area contributed by atoms with Crippen LogP contribution in [0.4, 0.5) is 5.82 Å². The highest BCUT2D eigenvalue weighted by molar-refractivity contribution is 5.90. The van der Waals surface area contributed by atoms with Crippen LogP contribution in [0.25, 0.3) is 22.3 Å². The summed E-state index contributed by atoms with van der Waals surface area (Å²) >= 11 is 0. The molecule has 0 aliphatic carbocycles. The van der Waals surface area contributed by atoms with Crippen LogP contribution < -0.4 is 4.90 Å². The SMILES string of the molecule is CN1CCC(O)(C#Cc2cccc(-c3ccc4ncnc(N5CC(C)(C)C5)c4n3)c2)C1=O. The van der Waals surface area contributed by atoms with E-state index in [4.69, 9.17) is 4.98 Å². The number of aliphatic hydroxyl groups is 1. The fourth-order valence-corrected chi connectivity index (χ4v) is 4.36. The average molecular weight is 428 g/mol. The second kappa shape index (κ2) is 7.28. The molecule has 0 bridgehead atoms. The van der Waals surface area contributed by atoms with E-state index in [1.807, 2.05) is 36.4 Å². The van der Waals surface area contributed by atoms with E-state index >= 15 is 0 Å². The third-order valence-electron chi connectivity index (χ3n) is 6.08. The summed E-state index contributed by atoms with van der Waals surface area (Å²) in [6.45, 7) is 6.86. The number of likely N-dealkylation sites (N-methyl/N-ethyl adjacent to an activating group) is 1. The summed E-state index contributed by atoms with van der Waals surface area (Å²) < 4.78 is 0. The summed E-state index contributed by atoms with van der Waals surface area (Å²) in [4.78, 5) is 29.7. The second-order valence-corrected chi connectivity index (χ2v) is 9.45. The lowest BCUT2D eigenvalue weighted by atomic mass is 9.84. The van der Waals surface area contributed by atoms with Crippen LogP contribution in [0.15, 0.2) is 42.7 Å². The molecule has 1 unspecified atom stereocenters. The normalized spacial score (nSPS) is 21.9. The summed E-state index contributed by atoms with van der Waals surface area (Å²) in [7, 11) is 1.67. The number of carbonyl (C=O) groups excluding carboxylic acids is 1. The van der Waals surface area contributed by atoms with Crippen molar-refractivity contribution >= 4 is 22.8 Å². The molecule has 3 aromatic rings. The summed E-state index contributed by atoms with van der Waals surface area (Å²) in [5.74, 6) is 6.26. The van der Waals surface area contributed by atoms with Crippen molar-refractivity contribution in [2.45, 2.75) is 25.9 Å². The zero-order valence-corrected chi connectivity index (χ0v) is 18.5. The molecule has 0 spiro atoms. The van der Waals surface area contributed by atoms with Crippen molar-refractivity contribution in [3.05, 3.63) is 48.3 Å². The largest absolute Gasteiger partial charge is 0.369 e. The first-order valence-electron chi connectivity index (χ1n) is 10.7. The molecule has 2 fully saturated rings. The number of carbonyl (C=O) groups is 1. The van der Waals surface area contributed by atoms with Crippen LogP contribution in [0.2, 0.25) is 0 Å². The number of nitrogens with zero attached hydrogens (tertiary/aromatic N) is 5. The minimum Gasteiger partial charge on any atom is -0.369 e. The first-order valence-corrected chi connectivity index (χ1v) is 10.7. The Balaban J connectivity index is 1.48. The Bertz CT molecular complexity index is 1280. The summed E-state index contributed by atoms with van der Waals surface area (Å²) in [5.41, 5.74) is 2.68. The molecule has 1 amide bonds. The van der Waals surface area contributed by atoms with Gasteiger partial charge < -0.3 is 14.9 Å². The van der Waals surface area contributed by atoms with Crippen LogP contribution in [0, 0.1) is 17.3 Å². The second-order valence-electron chi connectivity index (χ2n) is 9.45. The molecule has 1 N–H and O–H groups in total. The van der Waals surface area contributed by atoms with Gasteiger partial charge in [0, 0.05) is 44.2 Å². The third kappa shape index (κ3) is 3.57. The number of benzene rings is 1. The molecule has 0 radical (unpaired) electrons. The number of rotatable bonds is 2. The molecule has 1 aromatic carbocycles. The van der Waals surface area contributed by atoms with Gasteiger partial charge in [0.15, 0.2) is 5.82 Å². The molecule has 5 rings (SSSR count). The Labute approximate surface area is 187 Å². The summed E-state index contributed by atoms with van der Waals surface area (Å²) in [6.07, 6.45) is 1.91. The molecule has 7 nitrogen and oxygen atoms in total. The zero-order chi connectivity index (χ0) is 22.5. The third-order valence-corrected chi connectivity index (χ3v) is 6.08. The van der Waals surface area contributed by atoms with Crippen molar-refractivity contribution in [3.8, 4) is 23.1 Å². The van der Waals surface area contributed by atoms with E-state index in [9.17, 15) is 9.90 Å². The minimum atomic E-state index is -1.61. The van der Waals surface area contributed by atoms with E-state index in [1.54, 1.807) is 13.4 Å². The maximum Gasteiger partial charge on any atom is 0.267 e. The molecule has 2 saturated heterocycles. The smallest absolute Gasteiger partial charge is 0.267 e. The van der Waals surface area contributed by atoms with E-state index in [0.29, 0.717) is 18.5 Å². The number of fused-ring (bicyclic) bond motifs is 1. The minimum absolute atomic E-state index is 0.279. The van der Waals surface area contributed by atoms with Gasteiger partial charge in [-0.2, -0.15) is 0 Å². The van der Waals surface area contributed by atoms with E-state index in [-0.39, 0.29) is 11.3 Å². The van der Waals surface area contributed by atoms with Crippen LogP contribution in [-0.4, -0.2) is 63.1 Å². The van der Waals surface area contributed by atoms with Gasteiger partial charge in [-0.1, -0.05) is 37.8 Å². The number of pyridine rings is 1. The number of anilines is 1. The molecule has 1 atom stereocenters. The maximum absolute atomic E-state index is 12.2. The lowest BCUT2D eigenvalue weighted by molar-refractivity contribution is -0.137. The maximum atomic E-state index is 12.2. The van der Waals surface area contributed by atoms with Crippen LogP contribution in [0.1, 0.15) is 25.8 Å². The monoisotopic (exact) mass is 427 g/mol. The predicted octanol–water partition coefficient (Wildman–Crippen LogP) is 2.48. The van der Waals surface area contributed by atoms with Gasteiger partial charge in [-0.25, -0.2) is 15.0 Å². The Morgan fingerprint density at radius 3 is 2.66 bits per heavy atom. The van der Waals surface area contributed by atoms with Crippen LogP contribution >= 0.6 is 0 Å². The highest BCUT2D eigenvalue weighted by atomic mass is 16.3. The fraction of sp³-hybridized carbons (Fsp3) is 0.360. The highest BCUT2D eigenvalue weighted by Crippen LogP contribution is 2.35. The van der Waals surface area contributed by atoms with Gasteiger partial charge in [0.1, 0.15) is 11.8 Å². The standard InChI is InChI=1S/C25H25N5O2/c1-24(2)14-30(15-24)22-21-20(26-16-27-22)8-7-19(28-21)18-6-4-5-17(13-18)9-10-25(32)11-12-29(3)23(25)31/h4-8,13,16,32H,11-12,14-15H2,1-3H3. The van der Waals surface area contributed by atoms with Crippen molar-refractivity contribution in [2.75, 3.05) is 31.6 Å². The Kier molecular flexibility index (Phi) is 4.64. The first kappa shape index (κ1) is 20.4. The Hall–Kier alpha value is -3.50. The van der Waals surface area contributed by atoms with Crippen molar-refractivity contribution in [2.24, 2.45) is 5.41 Å². The van der Waals surface area contributed by atoms with Gasteiger partial charge in [0.2, 0.25) is 5.60 Å². The van der Waals surface area contributed by atoms with Gasteiger partial charge >= 0.3 is 0 Å². The number of amides is 1. The fourth-order valence-electron chi connectivity index (χ4n) is 4.36. The number of likely N-dealkylation sites (tertiary alicyclic amines) is 1. The van der Waals surface area contributed by atoms with E-state index in [1.165, 1.54) is 4.90 Å². The van der Waals surface area contributed by atoms with Gasteiger partial charge in [-0.05, 0) is 29.7 Å². The first-order chi connectivity index (χ1) is 15.2. The Morgan fingerprint density at radius 1 is 1.12 bits per heavy atom. The molecule has 2 aromatic heterocycles. The van der Waals surface area contributed by atoms with Crippen molar-refractivity contribution < 1.29 is 9.90 Å². The molecular formula is C25H25N5O2. The van der Waals surface area contributed by atoms with E-state index < -0.39 is 5.60 Å². The van der Waals surface area contributed by atoms with Gasteiger partial charge in [0.25, 0.3) is 5.91 Å². The van der Waals surface area contributed by atoms with Crippen molar-refractivity contribution in [3.63, 3.8) is 0 Å². The summed E-state index contributed by atoms with van der Waals surface area (Å²) in [6, 6.07) is 11.6. The Morgan fingerprint density at radius 2 is 1.94 bits per heavy atom. The molecule has 162 valence electrons. The topological polar surface area (TPSA) is 82.4 Å². The molecule has 7 heteroatoms. The quantitative estimate of drug-likeness (QED) is 0.633. The zero-order valence-electron chi connectivity index (χ0n) is 18.5. The number of hydrogen-bond donors (Lipinski definition) is 1. The van der Waals surface area contributed by atoms with Crippen LogP contribution in [-0.2, 0) is 4.79 Å². The number of aromatic nitrogens is 3. The summed E-state index contributed by atoms with van der Waals surface area (Å²) in [5, 5.41) is 10.5. The van der Waals surface area contributed by atoms with Crippen molar-refractivity contribution in [1.29, 1.82) is 0 Å². The number of hydrogen-bond acceptors (Lipinski definition) is 6. The average Bonchev–Trinajstić information content (AvgIpc) is 3.03. The van der Waals surface area contributed by atoms with Gasteiger partial charge in [-0.15, -0.1) is 0 Å². The molecule has 0 saturated carbocycles. The molecule has 4 heterocycles. The highest BCUT2D eigenvalue weighted by Gasteiger charge is 2.42. The van der Waals surface area contributed by atoms with Crippen molar-refractivity contribution in [1.82, 2.24) is 19.9 Å².